The highest BCUT2D eigenvalue weighted by Gasteiger charge is 2.27. The van der Waals surface area contributed by atoms with Crippen LogP contribution in [0.25, 0.3) is 0 Å². The summed E-state index contributed by atoms with van der Waals surface area (Å²) >= 11 is 6.44. The SMILES string of the molecule is Cc1c2c(c(Cl)c(O)c1C1CCCNC1)CCCC2. The van der Waals surface area contributed by atoms with Gasteiger partial charge in [0.2, 0.25) is 0 Å². The number of piperidine rings is 1. The van der Waals surface area contributed by atoms with E-state index in [2.05, 4.69) is 12.2 Å². The summed E-state index contributed by atoms with van der Waals surface area (Å²) in [5, 5.41) is 14.6. The lowest BCUT2D eigenvalue weighted by molar-refractivity contribution is 0.422. The summed E-state index contributed by atoms with van der Waals surface area (Å²) in [6.45, 7) is 4.22. The zero-order valence-electron chi connectivity index (χ0n) is 11.6. The highest BCUT2D eigenvalue weighted by Crippen LogP contribution is 2.44. The van der Waals surface area contributed by atoms with Crippen LogP contribution in [0.5, 0.6) is 5.75 Å². The van der Waals surface area contributed by atoms with Crippen molar-refractivity contribution in [3.8, 4) is 5.75 Å². The highest BCUT2D eigenvalue weighted by atomic mass is 35.5. The molecule has 1 fully saturated rings. The summed E-state index contributed by atoms with van der Waals surface area (Å²) < 4.78 is 0. The number of halogens is 1. The molecule has 2 N–H and O–H groups in total. The largest absolute Gasteiger partial charge is 0.506 e. The Kier molecular flexibility index (Phi) is 3.72. The van der Waals surface area contributed by atoms with Crippen molar-refractivity contribution in [2.24, 2.45) is 0 Å². The molecule has 104 valence electrons. The minimum atomic E-state index is 0.355. The van der Waals surface area contributed by atoms with Crippen molar-refractivity contribution >= 4 is 11.6 Å². The number of benzene rings is 1. The first kappa shape index (κ1) is 13.3. The van der Waals surface area contributed by atoms with E-state index in [-0.39, 0.29) is 0 Å². The molecule has 1 saturated heterocycles. The molecule has 0 radical (unpaired) electrons. The van der Waals surface area contributed by atoms with E-state index in [1.54, 1.807) is 0 Å². The normalized spacial score (nSPS) is 23.2. The van der Waals surface area contributed by atoms with Crippen LogP contribution in [-0.4, -0.2) is 18.2 Å². The topological polar surface area (TPSA) is 32.3 Å². The fourth-order valence-corrected chi connectivity index (χ4v) is 4.07. The predicted octanol–water partition coefficient (Wildman–Crippen LogP) is 3.70. The van der Waals surface area contributed by atoms with E-state index in [0.717, 1.165) is 37.9 Å². The molecule has 0 amide bonds. The molecule has 1 unspecified atom stereocenters. The number of nitrogens with one attached hydrogen (secondary N) is 1. The molecule has 0 bridgehead atoms. The Hall–Kier alpha value is -0.730. The molecule has 1 aromatic rings. The smallest absolute Gasteiger partial charge is 0.138 e. The monoisotopic (exact) mass is 279 g/mol. The van der Waals surface area contributed by atoms with Crippen LogP contribution in [0.4, 0.5) is 0 Å². The summed E-state index contributed by atoms with van der Waals surface area (Å²) in [5.41, 5.74) is 5.02. The van der Waals surface area contributed by atoms with Gasteiger partial charge in [0, 0.05) is 18.0 Å². The number of rotatable bonds is 1. The van der Waals surface area contributed by atoms with Gasteiger partial charge in [-0.15, -0.1) is 0 Å². The van der Waals surface area contributed by atoms with Crippen LogP contribution >= 0.6 is 11.6 Å². The Labute approximate surface area is 120 Å². The molecule has 1 aliphatic carbocycles. The molecule has 1 atom stereocenters. The maximum Gasteiger partial charge on any atom is 0.138 e. The summed E-state index contributed by atoms with van der Waals surface area (Å²) in [4.78, 5) is 0. The summed E-state index contributed by atoms with van der Waals surface area (Å²) in [7, 11) is 0. The molecule has 2 nitrogen and oxygen atoms in total. The van der Waals surface area contributed by atoms with Gasteiger partial charge in [0.15, 0.2) is 0 Å². The van der Waals surface area contributed by atoms with Gasteiger partial charge in [0.25, 0.3) is 0 Å². The molecule has 2 aliphatic rings. The van der Waals surface area contributed by atoms with Gasteiger partial charge in [-0.25, -0.2) is 0 Å². The number of phenolic OH excluding ortho intramolecular Hbond substituents is 1. The zero-order valence-corrected chi connectivity index (χ0v) is 12.3. The van der Waals surface area contributed by atoms with E-state index >= 15 is 0 Å². The van der Waals surface area contributed by atoms with E-state index in [9.17, 15) is 5.11 Å². The van der Waals surface area contributed by atoms with Crippen LogP contribution < -0.4 is 5.32 Å². The van der Waals surface area contributed by atoms with Gasteiger partial charge in [-0.05, 0) is 68.7 Å². The second-order valence-corrected chi connectivity index (χ2v) is 6.29. The van der Waals surface area contributed by atoms with E-state index in [1.807, 2.05) is 0 Å². The molecular formula is C16H22ClNO. The first-order valence-corrected chi connectivity index (χ1v) is 7.81. The molecule has 0 spiro atoms. The number of phenols is 1. The van der Waals surface area contributed by atoms with E-state index in [1.165, 1.54) is 36.0 Å². The first-order valence-electron chi connectivity index (χ1n) is 7.43. The zero-order chi connectivity index (χ0) is 13.4. The van der Waals surface area contributed by atoms with Crippen molar-refractivity contribution in [2.75, 3.05) is 13.1 Å². The molecule has 0 saturated carbocycles. The number of aromatic hydroxyl groups is 1. The molecule has 1 aromatic carbocycles. The Bertz CT molecular complexity index is 492. The Morgan fingerprint density at radius 3 is 2.58 bits per heavy atom. The van der Waals surface area contributed by atoms with Gasteiger partial charge >= 0.3 is 0 Å². The van der Waals surface area contributed by atoms with Crippen LogP contribution in [0, 0.1) is 6.92 Å². The first-order chi connectivity index (χ1) is 9.20. The average molecular weight is 280 g/mol. The fraction of sp³-hybridized carbons (Fsp3) is 0.625. The lowest BCUT2D eigenvalue weighted by Gasteiger charge is -2.29. The lowest BCUT2D eigenvalue weighted by Crippen LogP contribution is -2.29. The van der Waals surface area contributed by atoms with Crippen molar-refractivity contribution < 1.29 is 5.11 Å². The van der Waals surface area contributed by atoms with Gasteiger partial charge in [-0.3, -0.25) is 0 Å². The summed E-state index contributed by atoms with van der Waals surface area (Å²) in [5.74, 6) is 0.770. The standard InChI is InChI=1S/C16H22ClNO/c1-10-12-6-2-3-7-13(12)15(17)16(19)14(10)11-5-4-8-18-9-11/h11,18-19H,2-9H2,1H3. The minimum Gasteiger partial charge on any atom is -0.506 e. The third kappa shape index (κ3) is 2.25. The van der Waals surface area contributed by atoms with Crippen molar-refractivity contribution in [2.45, 2.75) is 51.4 Å². The van der Waals surface area contributed by atoms with Gasteiger partial charge < -0.3 is 10.4 Å². The lowest BCUT2D eigenvalue weighted by atomic mass is 9.80. The van der Waals surface area contributed by atoms with Gasteiger partial charge in [-0.1, -0.05) is 11.6 Å². The third-order valence-electron chi connectivity index (χ3n) is 4.76. The van der Waals surface area contributed by atoms with Crippen LogP contribution in [-0.2, 0) is 12.8 Å². The van der Waals surface area contributed by atoms with Crippen molar-refractivity contribution in [3.63, 3.8) is 0 Å². The van der Waals surface area contributed by atoms with E-state index < -0.39 is 0 Å². The maximum absolute atomic E-state index is 10.5. The summed E-state index contributed by atoms with van der Waals surface area (Å²) in [6.07, 6.45) is 6.90. The number of hydrogen-bond donors (Lipinski definition) is 2. The Morgan fingerprint density at radius 2 is 1.89 bits per heavy atom. The highest BCUT2D eigenvalue weighted by molar-refractivity contribution is 6.33. The van der Waals surface area contributed by atoms with E-state index in [0.29, 0.717) is 16.7 Å². The quantitative estimate of drug-likeness (QED) is 0.822. The second kappa shape index (κ2) is 5.34. The van der Waals surface area contributed by atoms with Crippen molar-refractivity contribution in [3.05, 3.63) is 27.3 Å². The van der Waals surface area contributed by atoms with E-state index in [4.69, 9.17) is 11.6 Å². The second-order valence-electron chi connectivity index (χ2n) is 5.91. The number of hydrogen-bond acceptors (Lipinski definition) is 2. The molecule has 1 aliphatic heterocycles. The molecular weight excluding hydrogens is 258 g/mol. The third-order valence-corrected chi connectivity index (χ3v) is 5.16. The number of fused-ring (bicyclic) bond motifs is 1. The van der Waals surface area contributed by atoms with Crippen LogP contribution in [0.3, 0.4) is 0 Å². The molecule has 3 rings (SSSR count). The van der Waals surface area contributed by atoms with Gasteiger partial charge in [-0.2, -0.15) is 0 Å². The van der Waals surface area contributed by atoms with Crippen molar-refractivity contribution in [1.29, 1.82) is 0 Å². The predicted molar refractivity (Wildman–Crippen MR) is 79.3 cm³/mol. The van der Waals surface area contributed by atoms with Gasteiger partial charge in [0.05, 0.1) is 5.02 Å². The summed E-state index contributed by atoms with van der Waals surface area (Å²) in [6, 6.07) is 0. The minimum absolute atomic E-state index is 0.355. The van der Waals surface area contributed by atoms with Crippen LogP contribution in [0.15, 0.2) is 0 Å². The van der Waals surface area contributed by atoms with Crippen molar-refractivity contribution in [1.82, 2.24) is 5.32 Å². The maximum atomic E-state index is 10.5. The molecule has 19 heavy (non-hydrogen) atoms. The molecule has 3 heteroatoms. The Balaban J connectivity index is 2.10. The van der Waals surface area contributed by atoms with Crippen LogP contribution in [0.2, 0.25) is 5.02 Å². The molecule has 0 aromatic heterocycles. The Morgan fingerprint density at radius 1 is 1.16 bits per heavy atom. The van der Waals surface area contributed by atoms with Crippen LogP contribution in [0.1, 0.15) is 53.9 Å². The van der Waals surface area contributed by atoms with Gasteiger partial charge in [0.1, 0.15) is 5.75 Å². The average Bonchev–Trinajstić information content (AvgIpc) is 2.46. The molecule has 1 heterocycles. The fourth-order valence-electron chi connectivity index (χ4n) is 3.76.